The second-order valence-electron chi connectivity index (χ2n) is 5.02. The molecule has 2 aromatic carbocycles. The van der Waals surface area contributed by atoms with Crippen molar-refractivity contribution in [3.8, 4) is 17.1 Å². The molecule has 22 heavy (non-hydrogen) atoms. The van der Waals surface area contributed by atoms with Crippen molar-refractivity contribution in [1.29, 1.82) is 0 Å². The molecule has 0 unspecified atom stereocenters. The number of rotatable bonds is 2. The first-order valence-corrected chi connectivity index (χ1v) is 7.01. The summed E-state index contributed by atoms with van der Waals surface area (Å²) in [6.07, 6.45) is 0. The monoisotopic (exact) mass is 311 g/mol. The molecule has 0 amide bonds. The third kappa shape index (κ3) is 1.72. The maximum absolute atomic E-state index is 11.3. The summed E-state index contributed by atoms with van der Waals surface area (Å²) in [6.45, 7) is 0. The molecule has 5 nitrogen and oxygen atoms in total. The summed E-state index contributed by atoms with van der Waals surface area (Å²) in [5.74, 6) is -0.0336. The fourth-order valence-electron chi connectivity index (χ4n) is 2.81. The van der Waals surface area contributed by atoms with Crippen LogP contribution in [0, 0.1) is 4.91 Å². The van der Waals surface area contributed by atoms with Gasteiger partial charge in [-0.2, -0.15) is 0 Å². The Bertz CT molecular complexity index is 1030. The smallest absolute Gasteiger partial charge is 0.199 e. The highest BCUT2D eigenvalue weighted by molar-refractivity contribution is 6.31. The lowest BCUT2D eigenvalue weighted by atomic mass is 10.1. The van der Waals surface area contributed by atoms with Crippen LogP contribution in [0.3, 0.4) is 0 Å². The number of aromatic hydroxyl groups is 1. The molecular formula is C16H10ClN3O2. The van der Waals surface area contributed by atoms with E-state index in [0.717, 1.165) is 16.3 Å². The fraction of sp³-hybridized carbons (Fsp3) is 0. The average Bonchev–Trinajstić information content (AvgIpc) is 3.02. The summed E-state index contributed by atoms with van der Waals surface area (Å²) in [4.78, 5) is 17.3. The lowest BCUT2D eigenvalue weighted by molar-refractivity contribution is 0.460. The predicted octanol–water partition coefficient (Wildman–Crippen LogP) is 5.07. The van der Waals surface area contributed by atoms with Gasteiger partial charge >= 0.3 is 0 Å². The molecule has 6 heteroatoms. The van der Waals surface area contributed by atoms with E-state index in [-0.39, 0.29) is 11.6 Å². The molecule has 0 aliphatic heterocycles. The van der Waals surface area contributed by atoms with Crippen LogP contribution < -0.4 is 0 Å². The van der Waals surface area contributed by atoms with Gasteiger partial charge in [-0.3, -0.25) is 0 Å². The molecule has 0 saturated carbocycles. The van der Waals surface area contributed by atoms with Gasteiger partial charge in [-0.05, 0) is 23.4 Å². The summed E-state index contributed by atoms with van der Waals surface area (Å²) in [5, 5.41) is 15.5. The molecule has 4 rings (SSSR count). The van der Waals surface area contributed by atoms with Gasteiger partial charge in [-0.1, -0.05) is 35.9 Å². The molecule has 0 aliphatic carbocycles. The maximum atomic E-state index is 11.3. The number of nitroso groups, excluding NO2 is 1. The fourth-order valence-corrected chi connectivity index (χ4v) is 2.98. The molecule has 108 valence electrons. The number of nitrogens with zero attached hydrogens (tertiary/aromatic N) is 1. The predicted molar refractivity (Wildman–Crippen MR) is 87.7 cm³/mol. The van der Waals surface area contributed by atoms with Crippen LogP contribution >= 0.6 is 11.6 Å². The first-order valence-electron chi connectivity index (χ1n) is 6.63. The lowest BCUT2D eigenvalue weighted by Crippen LogP contribution is -1.77. The van der Waals surface area contributed by atoms with E-state index in [1.165, 1.54) is 0 Å². The Morgan fingerprint density at radius 1 is 1.00 bits per heavy atom. The third-order valence-corrected chi connectivity index (χ3v) is 4.00. The quantitative estimate of drug-likeness (QED) is 0.451. The van der Waals surface area contributed by atoms with Crippen molar-refractivity contribution in [1.82, 2.24) is 9.97 Å². The summed E-state index contributed by atoms with van der Waals surface area (Å²) < 4.78 is 0. The number of aromatic nitrogens is 2. The van der Waals surface area contributed by atoms with Gasteiger partial charge in [0.2, 0.25) is 0 Å². The standard InChI is InChI=1S/C16H10ClN3O2/c17-8-5-6-9-12(7-8)19-16(21)13(9)15-14(20-22)10-3-1-2-4-11(10)18-15/h1-7,18-19,21H. The zero-order valence-electron chi connectivity index (χ0n) is 11.2. The Labute approximate surface area is 129 Å². The minimum Gasteiger partial charge on any atom is -0.494 e. The molecule has 2 heterocycles. The molecule has 0 bridgehead atoms. The van der Waals surface area contributed by atoms with Crippen LogP contribution in [0.2, 0.25) is 5.02 Å². The number of benzene rings is 2. The van der Waals surface area contributed by atoms with Gasteiger partial charge in [0.15, 0.2) is 5.88 Å². The van der Waals surface area contributed by atoms with E-state index in [1.54, 1.807) is 18.2 Å². The van der Waals surface area contributed by atoms with Crippen LogP contribution in [-0.4, -0.2) is 15.1 Å². The van der Waals surface area contributed by atoms with Gasteiger partial charge in [-0.25, -0.2) is 0 Å². The van der Waals surface area contributed by atoms with E-state index < -0.39 is 0 Å². The lowest BCUT2D eigenvalue weighted by Gasteiger charge is -1.98. The number of hydrogen-bond donors (Lipinski definition) is 3. The largest absolute Gasteiger partial charge is 0.494 e. The van der Waals surface area contributed by atoms with Gasteiger partial charge in [0.05, 0.1) is 16.8 Å². The molecular weight excluding hydrogens is 302 g/mol. The molecule has 0 aliphatic rings. The van der Waals surface area contributed by atoms with Gasteiger partial charge in [0, 0.05) is 21.3 Å². The van der Waals surface area contributed by atoms with Crippen molar-refractivity contribution in [3.63, 3.8) is 0 Å². The number of H-pyrrole nitrogens is 2. The van der Waals surface area contributed by atoms with E-state index in [4.69, 9.17) is 11.6 Å². The van der Waals surface area contributed by atoms with Crippen LogP contribution in [0.5, 0.6) is 5.88 Å². The van der Waals surface area contributed by atoms with Crippen molar-refractivity contribution in [3.05, 3.63) is 52.4 Å². The molecule has 3 N–H and O–H groups in total. The minimum atomic E-state index is -0.0336. The summed E-state index contributed by atoms with van der Waals surface area (Å²) in [5.41, 5.74) is 2.76. The Hall–Kier alpha value is -2.79. The van der Waals surface area contributed by atoms with Gasteiger partial charge in [0.1, 0.15) is 5.69 Å². The van der Waals surface area contributed by atoms with E-state index in [9.17, 15) is 10.0 Å². The summed E-state index contributed by atoms with van der Waals surface area (Å²) in [7, 11) is 0. The summed E-state index contributed by atoms with van der Waals surface area (Å²) in [6, 6.07) is 12.6. The highest BCUT2D eigenvalue weighted by atomic mass is 35.5. The molecule has 0 spiro atoms. The normalized spacial score (nSPS) is 11.3. The molecule has 0 fully saturated rings. The highest BCUT2D eigenvalue weighted by Gasteiger charge is 2.20. The van der Waals surface area contributed by atoms with Gasteiger partial charge < -0.3 is 15.1 Å². The Morgan fingerprint density at radius 3 is 2.64 bits per heavy atom. The Kier molecular flexibility index (Phi) is 2.71. The highest BCUT2D eigenvalue weighted by Crippen LogP contribution is 2.44. The number of halogens is 1. The topological polar surface area (TPSA) is 81.2 Å². The van der Waals surface area contributed by atoms with E-state index in [0.29, 0.717) is 21.8 Å². The molecule has 4 aromatic rings. The number of aromatic amines is 2. The number of fused-ring (bicyclic) bond motifs is 2. The van der Waals surface area contributed by atoms with Crippen molar-refractivity contribution < 1.29 is 5.11 Å². The first-order chi connectivity index (χ1) is 10.7. The van der Waals surface area contributed by atoms with Crippen LogP contribution in [-0.2, 0) is 0 Å². The summed E-state index contributed by atoms with van der Waals surface area (Å²) >= 11 is 5.97. The maximum Gasteiger partial charge on any atom is 0.199 e. The zero-order valence-corrected chi connectivity index (χ0v) is 12.0. The average molecular weight is 312 g/mol. The first kappa shape index (κ1) is 12.9. The van der Waals surface area contributed by atoms with Gasteiger partial charge in [0.25, 0.3) is 0 Å². The minimum absolute atomic E-state index is 0.0336. The van der Waals surface area contributed by atoms with Crippen molar-refractivity contribution in [2.75, 3.05) is 0 Å². The molecule has 2 aromatic heterocycles. The van der Waals surface area contributed by atoms with E-state index in [1.807, 2.05) is 24.3 Å². The van der Waals surface area contributed by atoms with E-state index >= 15 is 0 Å². The molecule has 0 radical (unpaired) electrons. The van der Waals surface area contributed by atoms with Crippen LogP contribution in [0.15, 0.2) is 47.6 Å². The second kappa shape index (κ2) is 4.61. The van der Waals surface area contributed by atoms with Crippen molar-refractivity contribution in [2.45, 2.75) is 0 Å². The van der Waals surface area contributed by atoms with Crippen LogP contribution in [0.25, 0.3) is 33.1 Å². The molecule has 0 saturated heterocycles. The number of hydrogen-bond acceptors (Lipinski definition) is 3. The second-order valence-corrected chi connectivity index (χ2v) is 5.46. The third-order valence-electron chi connectivity index (χ3n) is 3.76. The molecule has 0 atom stereocenters. The number of nitrogens with one attached hydrogen (secondary N) is 2. The van der Waals surface area contributed by atoms with Crippen LogP contribution in [0.4, 0.5) is 5.69 Å². The number of para-hydroxylation sites is 1. The van der Waals surface area contributed by atoms with Gasteiger partial charge in [-0.15, -0.1) is 4.91 Å². The Morgan fingerprint density at radius 2 is 1.82 bits per heavy atom. The van der Waals surface area contributed by atoms with Crippen molar-refractivity contribution in [2.24, 2.45) is 5.18 Å². The van der Waals surface area contributed by atoms with Crippen molar-refractivity contribution >= 4 is 39.1 Å². The Balaban J connectivity index is 2.11. The van der Waals surface area contributed by atoms with Crippen LogP contribution in [0.1, 0.15) is 0 Å². The van der Waals surface area contributed by atoms with E-state index in [2.05, 4.69) is 15.1 Å². The SMILES string of the molecule is O=Nc1c(-c2c(O)[nH]c3cc(Cl)ccc23)[nH]c2ccccc12. The zero-order chi connectivity index (χ0) is 15.3.